The topological polar surface area (TPSA) is 79.2 Å². The monoisotopic (exact) mass is 328 g/mol. The summed E-state index contributed by atoms with van der Waals surface area (Å²) in [6.45, 7) is 2.21. The number of anilines is 1. The van der Waals surface area contributed by atoms with E-state index in [1.54, 1.807) is 17.4 Å². The largest absolute Gasteiger partial charge is 0.465 e. The second-order valence-electron chi connectivity index (χ2n) is 4.89. The van der Waals surface area contributed by atoms with Crippen LogP contribution in [0.1, 0.15) is 12.6 Å². The highest BCUT2D eigenvalue weighted by atomic mass is 32.2. The third-order valence-electron chi connectivity index (χ3n) is 3.29. The molecule has 0 saturated carbocycles. The van der Waals surface area contributed by atoms with E-state index in [0.717, 1.165) is 5.56 Å². The molecule has 6 nitrogen and oxygen atoms in total. The van der Waals surface area contributed by atoms with Crippen LogP contribution >= 0.6 is 11.9 Å². The lowest BCUT2D eigenvalue weighted by Crippen LogP contribution is -2.32. The summed E-state index contributed by atoms with van der Waals surface area (Å²) in [5.74, 6) is 0.693. The van der Waals surface area contributed by atoms with Gasteiger partial charge in [-0.1, -0.05) is 30.3 Å². The Kier molecular flexibility index (Phi) is 4.57. The molecule has 0 amide bonds. The third-order valence-corrected chi connectivity index (χ3v) is 4.32. The smallest absolute Gasteiger partial charge is 0.326 e. The van der Waals surface area contributed by atoms with Gasteiger partial charge in [0.2, 0.25) is 0 Å². The maximum atomic E-state index is 11.8. The van der Waals surface area contributed by atoms with Crippen LogP contribution < -0.4 is 4.31 Å². The first kappa shape index (κ1) is 15.5. The fourth-order valence-corrected chi connectivity index (χ4v) is 3.10. The zero-order chi connectivity index (χ0) is 16.2. The van der Waals surface area contributed by atoms with Gasteiger partial charge in [-0.25, -0.2) is 9.97 Å². The van der Waals surface area contributed by atoms with Crippen LogP contribution in [-0.4, -0.2) is 40.6 Å². The lowest BCUT2D eigenvalue weighted by molar-refractivity contribution is -0.141. The van der Waals surface area contributed by atoms with Crippen molar-refractivity contribution in [1.82, 2.24) is 9.97 Å². The SMILES string of the molecule is CCOC(=O)CN1SCC(=N)c2ncc(-c3ccccc3)nc21. The predicted octanol–water partition coefficient (Wildman–Crippen LogP) is 2.54. The first-order valence-electron chi connectivity index (χ1n) is 7.25. The summed E-state index contributed by atoms with van der Waals surface area (Å²) >= 11 is 1.38. The number of carbonyl (C=O) groups excluding carboxylic acids is 1. The van der Waals surface area contributed by atoms with E-state index in [9.17, 15) is 4.79 Å². The van der Waals surface area contributed by atoms with Gasteiger partial charge in [0.1, 0.15) is 12.2 Å². The van der Waals surface area contributed by atoms with Gasteiger partial charge in [-0.15, -0.1) is 0 Å². The number of hydrogen-bond acceptors (Lipinski definition) is 7. The lowest BCUT2D eigenvalue weighted by Gasteiger charge is -2.27. The molecule has 0 bridgehead atoms. The molecule has 23 heavy (non-hydrogen) atoms. The molecule has 0 saturated heterocycles. The Labute approximate surface area is 138 Å². The second-order valence-corrected chi connectivity index (χ2v) is 5.87. The van der Waals surface area contributed by atoms with Crippen molar-refractivity contribution in [3.05, 3.63) is 42.2 Å². The van der Waals surface area contributed by atoms with Gasteiger partial charge in [0.25, 0.3) is 0 Å². The number of fused-ring (bicyclic) bond motifs is 1. The number of nitrogens with zero attached hydrogens (tertiary/aromatic N) is 3. The number of esters is 1. The minimum absolute atomic E-state index is 0.0890. The Balaban J connectivity index is 1.96. The zero-order valence-electron chi connectivity index (χ0n) is 12.7. The molecule has 0 unspecified atom stereocenters. The summed E-state index contributed by atoms with van der Waals surface area (Å²) in [5, 5.41) is 8.03. The fourth-order valence-electron chi connectivity index (χ4n) is 2.23. The first-order valence-corrected chi connectivity index (χ1v) is 8.19. The van der Waals surface area contributed by atoms with E-state index >= 15 is 0 Å². The number of aromatic nitrogens is 2. The van der Waals surface area contributed by atoms with E-state index in [0.29, 0.717) is 35.3 Å². The van der Waals surface area contributed by atoms with Crippen molar-refractivity contribution in [3.8, 4) is 11.3 Å². The van der Waals surface area contributed by atoms with Crippen LogP contribution in [0.3, 0.4) is 0 Å². The van der Waals surface area contributed by atoms with Crippen molar-refractivity contribution >= 4 is 29.4 Å². The average molecular weight is 328 g/mol. The molecule has 1 aromatic heterocycles. The standard InChI is InChI=1S/C16H16N4O2S/c1-2-22-14(21)9-20-16-15(12(17)10-23-20)18-8-13(19-16)11-6-4-3-5-7-11/h3-8,17H,2,9-10H2,1H3. The number of benzene rings is 1. The summed E-state index contributed by atoms with van der Waals surface area (Å²) < 4.78 is 6.76. The summed E-state index contributed by atoms with van der Waals surface area (Å²) in [7, 11) is 0. The van der Waals surface area contributed by atoms with Gasteiger partial charge in [-0.05, 0) is 18.9 Å². The van der Waals surface area contributed by atoms with Crippen LogP contribution in [0.2, 0.25) is 0 Å². The first-order chi connectivity index (χ1) is 11.2. The van der Waals surface area contributed by atoms with Crippen molar-refractivity contribution < 1.29 is 9.53 Å². The van der Waals surface area contributed by atoms with Crippen LogP contribution in [0.4, 0.5) is 5.82 Å². The highest BCUT2D eigenvalue weighted by molar-refractivity contribution is 8.01. The number of ether oxygens (including phenoxy) is 1. The maximum absolute atomic E-state index is 11.8. The van der Waals surface area contributed by atoms with Crippen LogP contribution in [0.15, 0.2) is 36.5 Å². The van der Waals surface area contributed by atoms with Gasteiger partial charge >= 0.3 is 5.97 Å². The minimum Gasteiger partial charge on any atom is -0.465 e. The van der Waals surface area contributed by atoms with Gasteiger partial charge in [0.05, 0.1) is 30.0 Å². The number of nitrogens with one attached hydrogen (secondary N) is 1. The molecule has 1 N–H and O–H groups in total. The second kappa shape index (κ2) is 6.78. The van der Waals surface area contributed by atoms with Crippen molar-refractivity contribution in [2.75, 3.05) is 23.2 Å². The molecule has 3 rings (SSSR count). The van der Waals surface area contributed by atoms with Crippen LogP contribution in [-0.2, 0) is 9.53 Å². The molecule has 1 aromatic carbocycles. The molecular formula is C16H16N4O2S. The molecule has 1 aliphatic heterocycles. The van der Waals surface area contributed by atoms with E-state index in [1.807, 2.05) is 30.3 Å². The van der Waals surface area contributed by atoms with E-state index in [2.05, 4.69) is 9.97 Å². The lowest BCUT2D eigenvalue weighted by atomic mass is 10.1. The van der Waals surface area contributed by atoms with Crippen LogP contribution in [0.5, 0.6) is 0 Å². The third kappa shape index (κ3) is 3.34. The summed E-state index contributed by atoms with van der Waals surface area (Å²) in [4.78, 5) is 20.8. The number of rotatable bonds is 4. The van der Waals surface area contributed by atoms with Crippen LogP contribution in [0.25, 0.3) is 11.3 Å². The number of hydrogen-bond donors (Lipinski definition) is 1. The summed E-state index contributed by atoms with van der Waals surface area (Å²) in [5.41, 5.74) is 2.60. The molecule has 1 aliphatic rings. The van der Waals surface area contributed by atoms with E-state index in [4.69, 9.17) is 10.1 Å². The molecule has 0 radical (unpaired) electrons. The molecule has 2 heterocycles. The molecule has 0 spiro atoms. The fraction of sp³-hybridized carbons (Fsp3) is 0.250. The molecule has 7 heteroatoms. The molecular weight excluding hydrogens is 312 g/mol. The summed E-state index contributed by atoms with van der Waals surface area (Å²) in [6, 6.07) is 9.71. The van der Waals surface area contributed by atoms with Gasteiger partial charge in [-0.2, -0.15) is 0 Å². The van der Waals surface area contributed by atoms with Crippen LogP contribution in [0, 0.1) is 5.41 Å². The van der Waals surface area contributed by atoms with Crippen molar-refractivity contribution in [1.29, 1.82) is 5.41 Å². The van der Waals surface area contributed by atoms with Gasteiger partial charge < -0.3 is 10.1 Å². The van der Waals surface area contributed by atoms with E-state index < -0.39 is 0 Å². The van der Waals surface area contributed by atoms with E-state index in [-0.39, 0.29) is 12.5 Å². The van der Waals surface area contributed by atoms with Crippen molar-refractivity contribution in [2.24, 2.45) is 0 Å². The van der Waals surface area contributed by atoms with Gasteiger partial charge in [0, 0.05) is 5.56 Å². The number of carbonyl (C=O) groups is 1. The Hall–Kier alpha value is -2.41. The Morgan fingerprint density at radius 1 is 1.39 bits per heavy atom. The Bertz CT molecular complexity index is 736. The molecule has 0 aliphatic carbocycles. The average Bonchev–Trinajstić information content (AvgIpc) is 2.58. The molecule has 0 atom stereocenters. The Morgan fingerprint density at radius 2 is 2.17 bits per heavy atom. The predicted molar refractivity (Wildman–Crippen MR) is 90.7 cm³/mol. The molecule has 2 aromatic rings. The highest BCUT2D eigenvalue weighted by Gasteiger charge is 2.27. The minimum atomic E-state index is -0.314. The molecule has 118 valence electrons. The maximum Gasteiger partial charge on any atom is 0.326 e. The molecule has 0 fully saturated rings. The quantitative estimate of drug-likeness (QED) is 0.686. The van der Waals surface area contributed by atoms with Crippen molar-refractivity contribution in [2.45, 2.75) is 6.92 Å². The van der Waals surface area contributed by atoms with Gasteiger partial charge in [0.15, 0.2) is 5.82 Å². The van der Waals surface area contributed by atoms with Crippen molar-refractivity contribution in [3.63, 3.8) is 0 Å². The Morgan fingerprint density at radius 3 is 2.91 bits per heavy atom. The normalized spacial score (nSPS) is 13.6. The zero-order valence-corrected chi connectivity index (χ0v) is 13.5. The summed E-state index contributed by atoms with van der Waals surface area (Å²) in [6.07, 6.45) is 1.67. The van der Waals surface area contributed by atoms with Gasteiger partial charge in [-0.3, -0.25) is 9.10 Å². The highest BCUT2D eigenvalue weighted by Crippen LogP contribution is 2.31. The van der Waals surface area contributed by atoms with E-state index in [1.165, 1.54) is 11.9 Å².